The Bertz CT molecular complexity index is 578. The van der Waals surface area contributed by atoms with Gasteiger partial charge in [0.15, 0.2) is 1.41 Å². The van der Waals surface area contributed by atoms with Crippen LogP contribution in [-0.2, 0) is 0 Å². The van der Waals surface area contributed by atoms with Crippen LogP contribution in [0.15, 0.2) is 35.3 Å². The molecule has 0 heterocycles. The van der Waals surface area contributed by atoms with Gasteiger partial charge in [-0.15, -0.1) is 0 Å². The van der Waals surface area contributed by atoms with Crippen molar-refractivity contribution in [2.75, 3.05) is 0 Å². The van der Waals surface area contributed by atoms with Crippen LogP contribution in [0.3, 0.4) is 0 Å². The lowest BCUT2D eigenvalue weighted by molar-refractivity contribution is 0.483. The normalized spacial score (nSPS) is 11.9. The molecule has 3 heteroatoms. The number of nitrogens with one attached hydrogen (secondary N) is 1. The molecule has 3 nitrogen and oxygen atoms in total. The van der Waals surface area contributed by atoms with Gasteiger partial charge < -0.3 is 10.5 Å². The van der Waals surface area contributed by atoms with Crippen molar-refractivity contribution in [1.29, 1.82) is 5.40 Å². The maximum atomic E-state index is 10.0. The maximum Gasteiger partial charge on any atom is 0.187 e. The summed E-state index contributed by atoms with van der Waals surface area (Å²) < 4.78 is 6.84. The molecule has 0 atom stereocenters. The summed E-state index contributed by atoms with van der Waals surface area (Å²) in [6.07, 6.45) is 1.38. The van der Waals surface area contributed by atoms with E-state index < -0.39 is 0 Å². The van der Waals surface area contributed by atoms with E-state index in [0.717, 1.165) is 5.39 Å². The third-order valence-electron chi connectivity index (χ3n) is 2.34. The van der Waals surface area contributed by atoms with E-state index in [4.69, 9.17) is 1.41 Å². The number of phenolic OH excluding ortho intramolecular Hbond substituents is 1. The number of benzene rings is 2. The Hall–Kier alpha value is -2.16. The number of aromatic hydroxyl groups is 1. The van der Waals surface area contributed by atoms with Crippen LogP contribution in [0.5, 0.6) is 5.75 Å². The molecule has 0 fully saturated rings. The van der Waals surface area contributed by atoms with Gasteiger partial charge in [-0.1, -0.05) is 24.3 Å². The first-order valence-electron chi connectivity index (χ1n) is 4.91. The zero-order chi connectivity index (χ0) is 11.5. The monoisotopic (exact) mass is 199 g/mol. The molecule has 0 amide bonds. The fourth-order valence-corrected chi connectivity index (χ4v) is 1.61. The van der Waals surface area contributed by atoms with Crippen LogP contribution in [0.25, 0.3) is 10.8 Å². The summed E-state index contributed by atoms with van der Waals surface area (Å²) in [5.74, 6) is 0.0722. The Morgan fingerprint density at radius 1 is 1.40 bits per heavy atom. The smallest absolute Gasteiger partial charge is 0.187 e. The number of aliphatic imine (C=N–C) groups is 1. The molecule has 2 aromatic carbocycles. The van der Waals surface area contributed by atoms with E-state index >= 15 is 0 Å². The van der Waals surface area contributed by atoms with Crippen molar-refractivity contribution in [2.24, 2.45) is 4.99 Å². The second kappa shape index (κ2) is 3.53. The number of fused-ring (bicyclic) bond motifs is 1. The van der Waals surface area contributed by atoms with Crippen LogP contribution >= 0.6 is 0 Å². The van der Waals surface area contributed by atoms with Crippen molar-refractivity contribution in [3.05, 3.63) is 35.9 Å². The average molecular weight is 199 g/mol. The minimum Gasteiger partial charge on any atom is -0.505 e. The molecular weight excluding hydrogens is 188 g/mol. The van der Waals surface area contributed by atoms with E-state index in [9.17, 15) is 5.11 Å². The van der Waals surface area contributed by atoms with Gasteiger partial charge in [0.05, 0.1) is 0 Å². The molecule has 0 unspecified atom stereocenters. The standard InChI is InChI=1S/C12H10N2O/c1-14-10-6-5-8-3-2-4-9(7-13)11(8)12(10)15/h2-7,13,15H,1H2/b13-7-/i/hD. The Balaban J connectivity index is 2.87. The Labute approximate surface area is 88.7 Å². The van der Waals surface area contributed by atoms with Gasteiger partial charge in [-0.05, 0) is 18.2 Å². The Kier molecular flexibility index (Phi) is 1.93. The summed E-state index contributed by atoms with van der Waals surface area (Å²) in [7, 11) is 0. The number of rotatable bonds is 2. The fourth-order valence-electron chi connectivity index (χ4n) is 1.61. The topological polar surface area (TPSA) is 56.4 Å². The lowest BCUT2D eigenvalue weighted by atomic mass is 10.0. The van der Waals surface area contributed by atoms with E-state index in [1.807, 2.05) is 18.2 Å². The van der Waals surface area contributed by atoms with Crippen molar-refractivity contribution >= 4 is 29.4 Å². The third-order valence-corrected chi connectivity index (χ3v) is 2.34. The molecule has 0 bridgehead atoms. The molecule has 0 saturated heterocycles. The lowest BCUT2D eigenvalue weighted by Crippen LogP contribution is -1.84. The number of nitrogens with zero attached hydrogens (tertiary/aromatic N) is 1. The minimum atomic E-state index is 0.0722. The van der Waals surface area contributed by atoms with E-state index in [0.29, 0.717) is 16.6 Å². The first kappa shape index (κ1) is 8.17. The summed E-state index contributed by atoms with van der Waals surface area (Å²) in [5.41, 5.74) is 1.12. The van der Waals surface area contributed by atoms with Crippen molar-refractivity contribution in [1.82, 2.24) is 0 Å². The van der Waals surface area contributed by atoms with E-state index in [2.05, 4.69) is 17.1 Å². The molecule has 0 aliphatic rings. The number of hydrogen-bond donors (Lipinski definition) is 2. The summed E-state index contributed by atoms with van der Waals surface area (Å²) in [4.78, 5) is 3.73. The van der Waals surface area contributed by atoms with Crippen LogP contribution in [-0.4, -0.2) is 18.0 Å². The van der Waals surface area contributed by atoms with Gasteiger partial charge in [-0.2, -0.15) is 0 Å². The molecule has 0 saturated carbocycles. The van der Waals surface area contributed by atoms with Crippen molar-refractivity contribution in [3.8, 4) is 5.75 Å². The quantitative estimate of drug-likeness (QED) is 0.718. The molecule has 2 N–H and O–H groups in total. The zero-order valence-corrected chi connectivity index (χ0v) is 8.01. The molecule has 0 aliphatic heterocycles. The number of phenols is 1. The largest absolute Gasteiger partial charge is 0.505 e. The van der Waals surface area contributed by atoms with E-state index in [1.54, 1.807) is 12.1 Å². The first-order chi connectivity index (χ1) is 7.77. The van der Waals surface area contributed by atoms with Crippen molar-refractivity contribution in [2.45, 2.75) is 0 Å². The van der Waals surface area contributed by atoms with Crippen LogP contribution in [0.1, 0.15) is 5.56 Å². The van der Waals surface area contributed by atoms with Gasteiger partial charge >= 0.3 is 0 Å². The van der Waals surface area contributed by atoms with E-state index in [1.165, 1.54) is 6.21 Å². The molecule has 0 radical (unpaired) electrons. The zero-order valence-electron chi connectivity index (χ0n) is 9.01. The predicted molar refractivity (Wildman–Crippen MR) is 62.7 cm³/mol. The maximum absolute atomic E-state index is 10.0. The summed E-state index contributed by atoms with van der Waals surface area (Å²) >= 11 is 0. The number of hydrogen-bond acceptors (Lipinski definition) is 3. The average Bonchev–Trinajstić information content (AvgIpc) is 2.30. The minimum absolute atomic E-state index is 0.0722. The highest BCUT2D eigenvalue weighted by molar-refractivity contribution is 6.04. The van der Waals surface area contributed by atoms with Crippen LogP contribution in [0.2, 0.25) is 1.41 Å². The molecule has 2 rings (SSSR count). The van der Waals surface area contributed by atoms with Gasteiger partial charge in [0.25, 0.3) is 0 Å². The molecule has 0 aliphatic carbocycles. The second-order valence-corrected chi connectivity index (χ2v) is 3.17. The molecular formula is C12H10N2O. The van der Waals surface area contributed by atoms with Gasteiger partial charge in [-0.25, -0.2) is 0 Å². The summed E-state index contributed by atoms with van der Waals surface area (Å²) in [5, 5.41) is 14.7. The van der Waals surface area contributed by atoms with Gasteiger partial charge in [0.2, 0.25) is 0 Å². The van der Waals surface area contributed by atoms with Crippen molar-refractivity contribution in [3.63, 3.8) is 0 Å². The Morgan fingerprint density at radius 2 is 2.27 bits per heavy atom. The van der Waals surface area contributed by atoms with Crippen LogP contribution in [0.4, 0.5) is 5.69 Å². The molecule has 74 valence electrons. The third kappa shape index (κ3) is 1.38. The second-order valence-electron chi connectivity index (χ2n) is 3.17. The highest BCUT2D eigenvalue weighted by atomic mass is 16.3. The van der Waals surface area contributed by atoms with Crippen LogP contribution in [0, 0.1) is 5.40 Å². The first-order valence-corrected chi connectivity index (χ1v) is 4.47. The van der Waals surface area contributed by atoms with Gasteiger partial charge in [0, 0.05) is 17.2 Å². The lowest BCUT2D eigenvalue weighted by Gasteiger charge is -2.06. The highest BCUT2D eigenvalue weighted by Crippen LogP contribution is 2.35. The Morgan fingerprint density at radius 3 is 3.00 bits per heavy atom. The molecule has 15 heavy (non-hydrogen) atoms. The van der Waals surface area contributed by atoms with Gasteiger partial charge in [0.1, 0.15) is 11.4 Å². The highest BCUT2D eigenvalue weighted by Gasteiger charge is 2.07. The summed E-state index contributed by atoms with van der Waals surface area (Å²) in [6, 6.07) is 9.06. The van der Waals surface area contributed by atoms with Crippen LogP contribution < -0.4 is 0 Å². The summed E-state index contributed by atoms with van der Waals surface area (Å²) in [6.45, 7) is 3.39. The van der Waals surface area contributed by atoms with E-state index in [-0.39, 0.29) is 5.75 Å². The van der Waals surface area contributed by atoms with Crippen molar-refractivity contribution < 1.29 is 6.52 Å². The molecule has 2 aromatic rings. The SMILES string of the molecule is [2H]/N=C\c1cccc2ccc(N=C)c(O)c12. The molecule has 0 spiro atoms. The van der Waals surface area contributed by atoms with Gasteiger partial charge in [-0.3, -0.25) is 4.99 Å². The fraction of sp³-hybridized carbons (Fsp3) is 0. The molecule has 0 aromatic heterocycles. The predicted octanol–water partition coefficient (Wildman–Crippen LogP) is 2.88.